The molecule has 0 aliphatic rings. The number of hydrogen-bond acceptors (Lipinski definition) is 3. The molecule has 0 bridgehead atoms. The van der Waals surface area contributed by atoms with Crippen LogP contribution in [0.1, 0.15) is 33.6 Å². The van der Waals surface area contributed by atoms with E-state index in [2.05, 4.69) is 31.1 Å². The molecule has 1 atom stereocenters. The second-order valence-electron chi connectivity index (χ2n) is 4.78. The summed E-state index contributed by atoms with van der Waals surface area (Å²) in [7, 11) is 4.09. The fourth-order valence-electron chi connectivity index (χ4n) is 2.24. The Kier molecular flexibility index (Phi) is 7.14. The van der Waals surface area contributed by atoms with Crippen LogP contribution in [-0.2, 0) is 0 Å². The highest BCUT2D eigenvalue weighted by Crippen LogP contribution is 2.26. The van der Waals surface area contributed by atoms with E-state index in [1.807, 2.05) is 14.0 Å². The minimum atomic E-state index is -0.240. The first-order valence-corrected chi connectivity index (χ1v) is 6.01. The summed E-state index contributed by atoms with van der Waals surface area (Å²) >= 11 is 0. The quantitative estimate of drug-likeness (QED) is 0.642. The Morgan fingerprint density at radius 3 is 2.20 bits per heavy atom. The van der Waals surface area contributed by atoms with Gasteiger partial charge in [0.1, 0.15) is 0 Å². The van der Waals surface area contributed by atoms with Crippen LogP contribution in [0, 0.1) is 5.41 Å². The number of likely N-dealkylation sites (N-methyl/N-ethyl adjacent to an activating group) is 1. The Morgan fingerprint density at radius 1 is 1.33 bits per heavy atom. The molecule has 0 radical (unpaired) electrons. The maximum Gasteiger partial charge on any atom is 0.0638 e. The van der Waals surface area contributed by atoms with Crippen molar-refractivity contribution in [3.63, 3.8) is 0 Å². The Hall–Kier alpha value is -0.120. The van der Waals surface area contributed by atoms with Gasteiger partial charge in [-0.2, -0.15) is 0 Å². The van der Waals surface area contributed by atoms with E-state index in [1.165, 1.54) is 12.8 Å². The number of aliphatic hydroxyl groups excluding tert-OH is 1. The van der Waals surface area contributed by atoms with Crippen LogP contribution < -0.4 is 5.32 Å². The van der Waals surface area contributed by atoms with Gasteiger partial charge < -0.3 is 15.3 Å². The summed E-state index contributed by atoms with van der Waals surface area (Å²) in [6, 6.07) is 0. The van der Waals surface area contributed by atoms with Gasteiger partial charge in [0.05, 0.1) is 6.10 Å². The van der Waals surface area contributed by atoms with E-state index >= 15 is 0 Å². The fraction of sp³-hybridized carbons (Fsp3) is 1.00. The molecule has 0 fully saturated rings. The molecule has 0 aromatic heterocycles. The molecule has 92 valence electrons. The van der Waals surface area contributed by atoms with Crippen LogP contribution in [0.2, 0.25) is 0 Å². The summed E-state index contributed by atoms with van der Waals surface area (Å²) in [5.41, 5.74) is 0.346. The van der Waals surface area contributed by atoms with Gasteiger partial charge in [0.2, 0.25) is 0 Å². The molecule has 3 nitrogen and oxygen atoms in total. The zero-order chi connectivity index (χ0) is 11.9. The Labute approximate surface area is 94.9 Å². The minimum absolute atomic E-state index is 0.240. The topological polar surface area (TPSA) is 35.5 Å². The van der Waals surface area contributed by atoms with Crippen molar-refractivity contribution in [1.82, 2.24) is 10.2 Å². The van der Waals surface area contributed by atoms with E-state index in [0.717, 1.165) is 19.6 Å². The van der Waals surface area contributed by atoms with Crippen molar-refractivity contribution in [2.75, 3.05) is 33.7 Å². The van der Waals surface area contributed by atoms with Gasteiger partial charge in [0.25, 0.3) is 0 Å². The molecular weight excluding hydrogens is 188 g/mol. The van der Waals surface area contributed by atoms with Crippen molar-refractivity contribution in [2.45, 2.75) is 39.7 Å². The third-order valence-electron chi connectivity index (χ3n) is 3.23. The Morgan fingerprint density at radius 2 is 1.87 bits per heavy atom. The van der Waals surface area contributed by atoms with Crippen LogP contribution in [0.25, 0.3) is 0 Å². The molecule has 2 N–H and O–H groups in total. The molecule has 3 heteroatoms. The highest BCUT2D eigenvalue weighted by molar-refractivity contribution is 4.81. The van der Waals surface area contributed by atoms with E-state index in [0.29, 0.717) is 5.41 Å². The van der Waals surface area contributed by atoms with Crippen molar-refractivity contribution in [1.29, 1.82) is 0 Å². The third kappa shape index (κ3) is 5.50. The average molecular weight is 216 g/mol. The first kappa shape index (κ1) is 14.9. The lowest BCUT2D eigenvalue weighted by Crippen LogP contribution is -2.43. The lowest BCUT2D eigenvalue weighted by molar-refractivity contribution is 0.0996. The maximum atomic E-state index is 9.34. The molecule has 0 aliphatic carbocycles. The second kappa shape index (κ2) is 7.20. The van der Waals surface area contributed by atoms with E-state index in [9.17, 15) is 5.11 Å². The summed E-state index contributed by atoms with van der Waals surface area (Å²) < 4.78 is 0. The summed E-state index contributed by atoms with van der Waals surface area (Å²) in [6.07, 6.45) is 2.11. The van der Waals surface area contributed by atoms with Gasteiger partial charge in [0, 0.05) is 19.6 Å². The minimum Gasteiger partial charge on any atom is -0.392 e. The number of aliphatic hydroxyl groups is 1. The van der Waals surface area contributed by atoms with Gasteiger partial charge in [0.15, 0.2) is 0 Å². The van der Waals surface area contributed by atoms with E-state index in [1.54, 1.807) is 0 Å². The predicted molar refractivity (Wildman–Crippen MR) is 66.1 cm³/mol. The lowest BCUT2D eigenvalue weighted by Gasteiger charge is -2.36. The first-order valence-electron chi connectivity index (χ1n) is 6.01. The average Bonchev–Trinajstić information content (AvgIpc) is 2.15. The number of hydrogen-bond donors (Lipinski definition) is 2. The van der Waals surface area contributed by atoms with E-state index in [4.69, 9.17) is 0 Å². The Balaban J connectivity index is 4.25. The molecule has 0 spiro atoms. The summed E-state index contributed by atoms with van der Waals surface area (Å²) in [5, 5.41) is 12.6. The van der Waals surface area contributed by atoms with Crippen molar-refractivity contribution in [3.8, 4) is 0 Å². The van der Waals surface area contributed by atoms with Crippen LogP contribution >= 0.6 is 0 Å². The van der Waals surface area contributed by atoms with Crippen LogP contribution in [-0.4, -0.2) is 49.8 Å². The van der Waals surface area contributed by atoms with Crippen LogP contribution in [0.5, 0.6) is 0 Å². The molecule has 0 saturated heterocycles. The Bertz CT molecular complexity index is 156. The van der Waals surface area contributed by atoms with Crippen molar-refractivity contribution in [2.24, 2.45) is 5.41 Å². The molecule has 15 heavy (non-hydrogen) atoms. The molecule has 1 unspecified atom stereocenters. The molecule has 0 saturated carbocycles. The van der Waals surface area contributed by atoms with Crippen LogP contribution in [0.15, 0.2) is 0 Å². The fourth-order valence-corrected chi connectivity index (χ4v) is 2.24. The van der Waals surface area contributed by atoms with Gasteiger partial charge in [-0.1, -0.05) is 13.8 Å². The van der Waals surface area contributed by atoms with E-state index < -0.39 is 0 Å². The molecule has 0 aromatic carbocycles. The monoisotopic (exact) mass is 216 g/mol. The summed E-state index contributed by atoms with van der Waals surface area (Å²) in [6.45, 7) is 9.18. The van der Waals surface area contributed by atoms with Gasteiger partial charge in [-0.15, -0.1) is 0 Å². The van der Waals surface area contributed by atoms with Gasteiger partial charge in [-0.25, -0.2) is 0 Å². The lowest BCUT2D eigenvalue weighted by atomic mass is 9.81. The van der Waals surface area contributed by atoms with E-state index in [-0.39, 0.29) is 6.10 Å². The van der Waals surface area contributed by atoms with Gasteiger partial charge >= 0.3 is 0 Å². The summed E-state index contributed by atoms with van der Waals surface area (Å²) in [4.78, 5) is 2.23. The normalized spacial score (nSPS) is 14.6. The number of rotatable bonds is 8. The summed E-state index contributed by atoms with van der Waals surface area (Å²) in [5.74, 6) is 0. The molecular formula is C12H28N2O. The smallest absolute Gasteiger partial charge is 0.0638 e. The van der Waals surface area contributed by atoms with Crippen LogP contribution in [0.3, 0.4) is 0 Å². The van der Waals surface area contributed by atoms with Gasteiger partial charge in [-0.05, 0) is 39.3 Å². The van der Waals surface area contributed by atoms with Crippen molar-refractivity contribution >= 4 is 0 Å². The molecule has 0 heterocycles. The maximum absolute atomic E-state index is 9.34. The number of nitrogens with one attached hydrogen (secondary N) is 1. The molecule has 0 aliphatic heterocycles. The SMILES string of the molecule is CCC(CC)(CNC)CN(C)CC(C)O. The highest BCUT2D eigenvalue weighted by atomic mass is 16.3. The zero-order valence-corrected chi connectivity index (χ0v) is 11.0. The van der Waals surface area contributed by atoms with Crippen LogP contribution in [0.4, 0.5) is 0 Å². The largest absolute Gasteiger partial charge is 0.392 e. The predicted octanol–water partition coefficient (Wildman–Crippen LogP) is 1.32. The first-order chi connectivity index (χ1) is 6.99. The van der Waals surface area contributed by atoms with Crippen molar-refractivity contribution in [3.05, 3.63) is 0 Å². The highest BCUT2D eigenvalue weighted by Gasteiger charge is 2.27. The molecule has 0 rings (SSSR count). The van der Waals surface area contributed by atoms with Gasteiger partial charge in [-0.3, -0.25) is 0 Å². The standard InChI is InChI=1S/C12H28N2O/c1-6-12(7-2,9-13-4)10-14(5)8-11(3)15/h11,13,15H,6-10H2,1-5H3. The second-order valence-corrected chi connectivity index (χ2v) is 4.78. The zero-order valence-electron chi connectivity index (χ0n) is 11.0. The third-order valence-corrected chi connectivity index (χ3v) is 3.23. The molecule has 0 aromatic rings. The molecule has 0 amide bonds. The van der Waals surface area contributed by atoms with Crippen molar-refractivity contribution < 1.29 is 5.11 Å². The number of nitrogens with zero attached hydrogens (tertiary/aromatic N) is 1.